The zero-order valence-corrected chi connectivity index (χ0v) is 15.7. The van der Waals surface area contributed by atoms with Crippen molar-refractivity contribution in [2.75, 3.05) is 5.32 Å². The largest absolute Gasteiger partial charge is 0.481 e. The molecule has 0 aliphatic rings. The van der Waals surface area contributed by atoms with Crippen LogP contribution < -0.4 is 10.1 Å². The van der Waals surface area contributed by atoms with Gasteiger partial charge < -0.3 is 10.1 Å². The summed E-state index contributed by atoms with van der Waals surface area (Å²) in [4.78, 5) is 12.2. The van der Waals surface area contributed by atoms with Crippen LogP contribution in [0, 0.1) is 0 Å². The Morgan fingerprint density at radius 3 is 2.21 bits per heavy atom. The molecule has 0 radical (unpaired) electrons. The number of amides is 1. The van der Waals surface area contributed by atoms with Gasteiger partial charge >= 0.3 is 0 Å². The van der Waals surface area contributed by atoms with Crippen molar-refractivity contribution in [3.8, 4) is 5.75 Å². The summed E-state index contributed by atoms with van der Waals surface area (Å²) >= 11 is 11.8. The smallest absolute Gasteiger partial charge is 0.265 e. The van der Waals surface area contributed by atoms with Gasteiger partial charge in [0.25, 0.3) is 5.91 Å². The lowest BCUT2D eigenvalue weighted by Crippen LogP contribution is -2.30. The molecule has 3 nitrogen and oxygen atoms in total. The van der Waals surface area contributed by atoms with E-state index < -0.39 is 6.10 Å². The van der Waals surface area contributed by atoms with Crippen LogP contribution in [0.3, 0.4) is 0 Å². The summed E-state index contributed by atoms with van der Waals surface area (Å²) < 4.78 is 5.70. The van der Waals surface area contributed by atoms with E-state index in [2.05, 4.69) is 26.1 Å². The highest BCUT2D eigenvalue weighted by Gasteiger charge is 2.17. The molecule has 0 aromatic heterocycles. The number of rotatable bonds is 4. The Bertz CT molecular complexity index is 721. The SMILES string of the molecule is C[C@H](Oc1ccc(C(C)(C)C)cc1)C(=O)Nc1ccc(Cl)c(Cl)c1. The molecule has 2 aromatic carbocycles. The topological polar surface area (TPSA) is 38.3 Å². The van der Waals surface area contributed by atoms with E-state index in [0.717, 1.165) is 0 Å². The van der Waals surface area contributed by atoms with Gasteiger partial charge in [-0.1, -0.05) is 56.1 Å². The second kappa shape index (κ2) is 7.45. The van der Waals surface area contributed by atoms with Gasteiger partial charge in [-0.15, -0.1) is 0 Å². The molecule has 0 aliphatic carbocycles. The number of carbonyl (C=O) groups excluding carboxylic acids is 1. The first-order valence-electron chi connectivity index (χ1n) is 7.70. The van der Waals surface area contributed by atoms with Crippen LogP contribution in [0.15, 0.2) is 42.5 Å². The van der Waals surface area contributed by atoms with E-state index in [0.29, 0.717) is 21.5 Å². The van der Waals surface area contributed by atoms with Crippen molar-refractivity contribution in [1.82, 2.24) is 0 Å². The number of nitrogens with one attached hydrogen (secondary N) is 1. The zero-order valence-electron chi connectivity index (χ0n) is 14.2. The van der Waals surface area contributed by atoms with E-state index in [1.54, 1.807) is 25.1 Å². The van der Waals surface area contributed by atoms with E-state index in [4.69, 9.17) is 27.9 Å². The van der Waals surface area contributed by atoms with Crippen molar-refractivity contribution in [2.24, 2.45) is 0 Å². The first-order chi connectivity index (χ1) is 11.2. The third-order valence-corrected chi connectivity index (χ3v) is 4.33. The van der Waals surface area contributed by atoms with Crippen LogP contribution in [-0.2, 0) is 10.2 Å². The van der Waals surface area contributed by atoms with Gasteiger partial charge in [-0.25, -0.2) is 0 Å². The van der Waals surface area contributed by atoms with Crippen LogP contribution in [0.1, 0.15) is 33.3 Å². The summed E-state index contributed by atoms with van der Waals surface area (Å²) in [7, 11) is 0. The summed E-state index contributed by atoms with van der Waals surface area (Å²) in [5, 5.41) is 3.59. The van der Waals surface area contributed by atoms with Gasteiger partial charge in [-0.05, 0) is 48.2 Å². The van der Waals surface area contributed by atoms with Gasteiger partial charge in [0, 0.05) is 5.69 Å². The molecule has 2 rings (SSSR count). The van der Waals surface area contributed by atoms with Crippen LogP contribution >= 0.6 is 23.2 Å². The molecule has 0 saturated carbocycles. The number of benzene rings is 2. The van der Waals surface area contributed by atoms with Gasteiger partial charge in [0.2, 0.25) is 0 Å². The highest BCUT2D eigenvalue weighted by atomic mass is 35.5. The fraction of sp³-hybridized carbons (Fsp3) is 0.316. The fourth-order valence-corrected chi connectivity index (χ4v) is 2.41. The Morgan fingerprint density at radius 2 is 1.67 bits per heavy atom. The monoisotopic (exact) mass is 365 g/mol. The molecule has 128 valence electrons. The normalized spacial score (nSPS) is 12.6. The molecule has 1 atom stereocenters. The van der Waals surface area contributed by atoms with Crippen LogP contribution in [-0.4, -0.2) is 12.0 Å². The molecule has 0 saturated heterocycles. The molecule has 0 fully saturated rings. The van der Waals surface area contributed by atoms with Gasteiger partial charge in [-0.3, -0.25) is 4.79 Å². The molecule has 0 spiro atoms. The summed E-state index contributed by atoms with van der Waals surface area (Å²) in [6.45, 7) is 8.15. The quantitative estimate of drug-likeness (QED) is 0.754. The van der Waals surface area contributed by atoms with Crippen molar-refractivity contribution in [3.63, 3.8) is 0 Å². The third-order valence-electron chi connectivity index (χ3n) is 3.59. The standard InChI is InChI=1S/C19H21Cl2NO2/c1-12(18(23)22-14-7-10-16(20)17(21)11-14)24-15-8-5-13(6-9-15)19(2,3)4/h5-12H,1-4H3,(H,22,23)/t12-/m0/s1. The Balaban J connectivity index is 1.99. The minimum absolute atomic E-state index is 0.0787. The maximum Gasteiger partial charge on any atom is 0.265 e. The first-order valence-corrected chi connectivity index (χ1v) is 8.45. The number of halogens is 2. The molecule has 2 aromatic rings. The predicted molar refractivity (Wildman–Crippen MR) is 100 cm³/mol. The Labute approximate surface area is 152 Å². The van der Waals surface area contributed by atoms with Crippen LogP contribution in [0.4, 0.5) is 5.69 Å². The number of anilines is 1. The lowest BCUT2D eigenvalue weighted by atomic mass is 9.87. The van der Waals surface area contributed by atoms with Crippen molar-refractivity contribution in [2.45, 2.75) is 39.2 Å². The van der Waals surface area contributed by atoms with E-state index in [-0.39, 0.29) is 11.3 Å². The Kier molecular flexibility index (Phi) is 5.79. The van der Waals surface area contributed by atoms with Gasteiger partial charge in [0.05, 0.1) is 10.0 Å². The van der Waals surface area contributed by atoms with Crippen molar-refractivity contribution < 1.29 is 9.53 Å². The molecule has 0 bridgehead atoms. The molecule has 0 unspecified atom stereocenters. The minimum atomic E-state index is -0.639. The molecule has 0 aliphatic heterocycles. The van der Waals surface area contributed by atoms with E-state index >= 15 is 0 Å². The van der Waals surface area contributed by atoms with Crippen molar-refractivity contribution in [3.05, 3.63) is 58.1 Å². The average molecular weight is 366 g/mol. The molecule has 1 amide bonds. The number of ether oxygens (including phenoxy) is 1. The zero-order chi connectivity index (χ0) is 17.9. The minimum Gasteiger partial charge on any atom is -0.481 e. The predicted octanol–water partition coefficient (Wildman–Crippen LogP) is 5.70. The highest BCUT2D eigenvalue weighted by molar-refractivity contribution is 6.42. The molecule has 24 heavy (non-hydrogen) atoms. The van der Waals surface area contributed by atoms with E-state index in [1.165, 1.54) is 5.56 Å². The summed E-state index contributed by atoms with van der Waals surface area (Å²) in [5.41, 5.74) is 1.87. The Morgan fingerprint density at radius 1 is 1.04 bits per heavy atom. The molecule has 1 N–H and O–H groups in total. The lowest BCUT2D eigenvalue weighted by molar-refractivity contribution is -0.122. The van der Waals surface area contributed by atoms with Crippen molar-refractivity contribution >= 4 is 34.8 Å². The van der Waals surface area contributed by atoms with Gasteiger partial charge in [0.15, 0.2) is 6.10 Å². The first kappa shape index (κ1) is 18.6. The second-order valence-electron chi connectivity index (χ2n) is 6.65. The maximum atomic E-state index is 12.2. The van der Waals surface area contributed by atoms with Crippen molar-refractivity contribution in [1.29, 1.82) is 0 Å². The third kappa shape index (κ3) is 4.89. The average Bonchev–Trinajstić information content (AvgIpc) is 2.50. The van der Waals surface area contributed by atoms with Crippen LogP contribution in [0.25, 0.3) is 0 Å². The molecule has 0 heterocycles. The molecule has 5 heteroatoms. The van der Waals surface area contributed by atoms with Crippen LogP contribution in [0.5, 0.6) is 5.75 Å². The number of hydrogen-bond acceptors (Lipinski definition) is 2. The number of hydrogen-bond donors (Lipinski definition) is 1. The van der Waals surface area contributed by atoms with Crippen LogP contribution in [0.2, 0.25) is 10.0 Å². The Hall–Kier alpha value is -1.71. The van der Waals surface area contributed by atoms with Gasteiger partial charge in [-0.2, -0.15) is 0 Å². The summed E-state index contributed by atoms with van der Waals surface area (Å²) in [6.07, 6.45) is -0.639. The molecular weight excluding hydrogens is 345 g/mol. The van der Waals surface area contributed by atoms with Gasteiger partial charge in [0.1, 0.15) is 5.75 Å². The second-order valence-corrected chi connectivity index (χ2v) is 7.47. The van der Waals surface area contributed by atoms with E-state index in [9.17, 15) is 4.79 Å². The number of carbonyl (C=O) groups is 1. The molecular formula is C19H21Cl2NO2. The van der Waals surface area contributed by atoms with E-state index in [1.807, 2.05) is 24.3 Å². The highest BCUT2D eigenvalue weighted by Crippen LogP contribution is 2.26. The fourth-order valence-electron chi connectivity index (χ4n) is 2.11. The summed E-state index contributed by atoms with van der Waals surface area (Å²) in [6, 6.07) is 12.7. The maximum absolute atomic E-state index is 12.2. The lowest BCUT2D eigenvalue weighted by Gasteiger charge is -2.20. The summed E-state index contributed by atoms with van der Waals surface area (Å²) in [5.74, 6) is 0.396.